The SMILES string of the molecule is CCNC(=O)C(C)NS(=O)(=O)c1cc(C(=O)O)n(C)c1. The zero-order chi connectivity index (χ0) is 15.5. The van der Waals surface area contributed by atoms with Gasteiger partial charge in [0.15, 0.2) is 0 Å². The lowest BCUT2D eigenvalue weighted by Crippen LogP contribution is -2.44. The first kappa shape index (κ1) is 16.2. The summed E-state index contributed by atoms with van der Waals surface area (Å²) in [6, 6.07) is 0.0863. The Bertz CT molecular complexity index is 620. The second-order valence-electron chi connectivity index (χ2n) is 4.21. The highest BCUT2D eigenvalue weighted by Crippen LogP contribution is 2.13. The van der Waals surface area contributed by atoms with E-state index in [4.69, 9.17) is 5.11 Å². The number of hydrogen-bond acceptors (Lipinski definition) is 4. The molecule has 0 spiro atoms. The molecule has 0 radical (unpaired) electrons. The van der Waals surface area contributed by atoms with E-state index in [0.717, 1.165) is 6.07 Å². The summed E-state index contributed by atoms with van der Waals surface area (Å²) in [7, 11) is -2.53. The van der Waals surface area contributed by atoms with Gasteiger partial charge in [-0.05, 0) is 19.9 Å². The molecule has 0 aliphatic carbocycles. The molecule has 1 amide bonds. The van der Waals surface area contributed by atoms with Gasteiger partial charge in [-0.3, -0.25) is 4.79 Å². The summed E-state index contributed by atoms with van der Waals surface area (Å²) in [6.45, 7) is 3.51. The number of likely N-dealkylation sites (N-methyl/N-ethyl adjacent to an activating group) is 1. The van der Waals surface area contributed by atoms with E-state index >= 15 is 0 Å². The summed E-state index contributed by atoms with van der Waals surface area (Å²) in [5.41, 5.74) is -0.156. The first-order valence-electron chi connectivity index (χ1n) is 5.88. The second kappa shape index (κ2) is 6.06. The van der Waals surface area contributed by atoms with Crippen molar-refractivity contribution in [1.29, 1.82) is 0 Å². The van der Waals surface area contributed by atoms with E-state index in [2.05, 4.69) is 10.0 Å². The third-order valence-corrected chi connectivity index (χ3v) is 4.09. The van der Waals surface area contributed by atoms with E-state index in [-0.39, 0.29) is 10.6 Å². The van der Waals surface area contributed by atoms with Crippen molar-refractivity contribution in [2.24, 2.45) is 7.05 Å². The number of amides is 1. The number of carbonyl (C=O) groups is 2. The van der Waals surface area contributed by atoms with Gasteiger partial charge in [0.1, 0.15) is 10.6 Å². The fourth-order valence-corrected chi connectivity index (χ4v) is 2.85. The van der Waals surface area contributed by atoms with Gasteiger partial charge in [-0.15, -0.1) is 0 Å². The van der Waals surface area contributed by atoms with Gasteiger partial charge in [-0.1, -0.05) is 0 Å². The van der Waals surface area contributed by atoms with Crippen LogP contribution in [0.2, 0.25) is 0 Å². The van der Waals surface area contributed by atoms with Crippen molar-refractivity contribution in [3.8, 4) is 0 Å². The van der Waals surface area contributed by atoms with Crippen LogP contribution in [0.25, 0.3) is 0 Å². The highest BCUT2D eigenvalue weighted by Gasteiger charge is 2.24. The van der Waals surface area contributed by atoms with Gasteiger partial charge >= 0.3 is 5.97 Å². The molecule has 0 bridgehead atoms. The topological polar surface area (TPSA) is 118 Å². The quantitative estimate of drug-likeness (QED) is 0.656. The van der Waals surface area contributed by atoms with Crippen LogP contribution >= 0.6 is 0 Å². The van der Waals surface area contributed by atoms with Crippen molar-refractivity contribution in [3.63, 3.8) is 0 Å². The number of hydrogen-bond donors (Lipinski definition) is 3. The average Bonchev–Trinajstić information content (AvgIpc) is 2.72. The molecule has 9 heteroatoms. The maximum Gasteiger partial charge on any atom is 0.352 e. The Morgan fingerprint density at radius 1 is 1.45 bits per heavy atom. The van der Waals surface area contributed by atoms with Gasteiger partial charge in [0.25, 0.3) is 0 Å². The molecule has 20 heavy (non-hydrogen) atoms. The summed E-state index contributed by atoms with van der Waals surface area (Å²) < 4.78 is 27.5. The lowest BCUT2D eigenvalue weighted by molar-refractivity contribution is -0.122. The molecule has 0 fully saturated rings. The molecule has 1 atom stereocenters. The lowest BCUT2D eigenvalue weighted by Gasteiger charge is -2.12. The average molecular weight is 303 g/mol. The summed E-state index contributed by atoms with van der Waals surface area (Å²) in [5, 5.41) is 11.4. The van der Waals surface area contributed by atoms with Crippen LogP contribution in [0.4, 0.5) is 0 Å². The molecule has 8 nitrogen and oxygen atoms in total. The molecule has 1 rings (SSSR count). The number of carboxylic acid groups (broad SMARTS) is 1. The molecule has 1 heterocycles. The minimum Gasteiger partial charge on any atom is -0.477 e. The first-order chi connectivity index (χ1) is 9.19. The molecule has 112 valence electrons. The van der Waals surface area contributed by atoms with Crippen LogP contribution in [0.15, 0.2) is 17.2 Å². The normalized spacial score (nSPS) is 12.9. The Balaban J connectivity index is 2.97. The number of rotatable bonds is 6. The van der Waals surface area contributed by atoms with Gasteiger partial charge in [-0.2, -0.15) is 4.72 Å². The van der Waals surface area contributed by atoms with Crippen LogP contribution in [0, 0.1) is 0 Å². The monoisotopic (exact) mass is 303 g/mol. The highest BCUT2D eigenvalue weighted by atomic mass is 32.2. The van der Waals surface area contributed by atoms with Gasteiger partial charge in [-0.25, -0.2) is 13.2 Å². The van der Waals surface area contributed by atoms with Crippen molar-refractivity contribution in [1.82, 2.24) is 14.6 Å². The number of aryl methyl sites for hydroxylation is 1. The standard InChI is InChI=1S/C11H17N3O5S/c1-4-12-10(15)7(2)13-20(18,19)8-5-9(11(16)17)14(3)6-8/h5-7,13H,4H2,1-3H3,(H,12,15)(H,16,17). The molecule has 0 saturated carbocycles. The number of aromatic nitrogens is 1. The molecule has 0 aliphatic rings. The number of carboxylic acids is 1. The van der Waals surface area contributed by atoms with E-state index in [1.807, 2.05) is 0 Å². The van der Waals surface area contributed by atoms with E-state index in [1.54, 1.807) is 6.92 Å². The van der Waals surface area contributed by atoms with E-state index < -0.39 is 27.9 Å². The Morgan fingerprint density at radius 3 is 2.50 bits per heavy atom. The van der Waals surface area contributed by atoms with Gasteiger partial charge < -0.3 is 15.0 Å². The summed E-state index contributed by atoms with van der Waals surface area (Å²) in [6.07, 6.45) is 1.18. The third kappa shape index (κ3) is 3.58. The summed E-state index contributed by atoms with van der Waals surface area (Å²) in [4.78, 5) is 22.2. The molecular formula is C11H17N3O5S. The van der Waals surface area contributed by atoms with Crippen molar-refractivity contribution < 1.29 is 23.1 Å². The van der Waals surface area contributed by atoms with E-state index in [0.29, 0.717) is 6.54 Å². The number of nitrogens with zero attached hydrogens (tertiary/aromatic N) is 1. The predicted molar refractivity (Wildman–Crippen MR) is 70.8 cm³/mol. The molecule has 1 aromatic heterocycles. The number of sulfonamides is 1. The minimum atomic E-state index is -3.95. The fraction of sp³-hybridized carbons (Fsp3) is 0.455. The van der Waals surface area contributed by atoms with Crippen molar-refractivity contribution in [2.75, 3.05) is 6.54 Å². The van der Waals surface area contributed by atoms with E-state index in [1.165, 1.54) is 24.7 Å². The predicted octanol–water partition coefficient (Wildman–Crippen LogP) is -0.474. The molecule has 0 aliphatic heterocycles. The smallest absolute Gasteiger partial charge is 0.352 e. The summed E-state index contributed by atoms with van der Waals surface area (Å²) >= 11 is 0. The molecule has 0 saturated heterocycles. The Kier molecular flexibility index (Phi) is 4.90. The zero-order valence-corrected chi connectivity index (χ0v) is 12.2. The fourth-order valence-electron chi connectivity index (χ4n) is 1.58. The van der Waals surface area contributed by atoms with Crippen molar-refractivity contribution in [3.05, 3.63) is 18.0 Å². The van der Waals surface area contributed by atoms with Gasteiger partial charge in [0.2, 0.25) is 15.9 Å². The van der Waals surface area contributed by atoms with Crippen LogP contribution < -0.4 is 10.0 Å². The van der Waals surface area contributed by atoms with Crippen LogP contribution in [0.5, 0.6) is 0 Å². The molecule has 1 aromatic rings. The number of nitrogens with one attached hydrogen (secondary N) is 2. The highest BCUT2D eigenvalue weighted by molar-refractivity contribution is 7.89. The minimum absolute atomic E-state index is 0.156. The van der Waals surface area contributed by atoms with Crippen molar-refractivity contribution in [2.45, 2.75) is 24.8 Å². The Hall–Kier alpha value is -1.87. The van der Waals surface area contributed by atoms with Crippen molar-refractivity contribution >= 4 is 21.9 Å². The Labute approximate surface area is 116 Å². The lowest BCUT2D eigenvalue weighted by atomic mass is 10.3. The maximum atomic E-state index is 12.0. The van der Waals surface area contributed by atoms with Crippen LogP contribution in [-0.2, 0) is 21.9 Å². The van der Waals surface area contributed by atoms with Gasteiger partial charge in [0.05, 0.1) is 6.04 Å². The summed E-state index contributed by atoms with van der Waals surface area (Å²) in [5.74, 6) is -1.68. The van der Waals surface area contributed by atoms with Crippen LogP contribution in [0.3, 0.4) is 0 Å². The molecular weight excluding hydrogens is 286 g/mol. The molecule has 0 aromatic carbocycles. The maximum absolute atomic E-state index is 12.0. The molecule has 3 N–H and O–H groups in total. The second-order valence-corrected chi connectivity index (χ2v) is 5.93. The largest absolute Gasteiger partial charge is 0.477 e. The number of aromatic carboxylic acids is 1. The van der Waals surface area contributed by atoms with Crippen LogP contribution in [-0.4, -0.2) is 42.6 Å². The third-order valence-electron chi connectivity index (χ3n) is 2.59. The first-order valence-corrected chi connectivity index (χ1v) is 7.37. The molecule has 1 unspecified atom stereocenters. The van der Waals surface area contributed by atoms with Crippen LogP contribution in [0.1, 0.15) is 24.3 Å². The van der Waals surface area contributed by atoms with Gasteiger partial charge in [0, 0.05) is 19.8 Å². The zero-order valence-electron chi connectivity index (χ0n) is 11.4. The van der Waals surface area contributed by atoms with E-state index in [9.17, 15) is 18.0 Å². The Morgan fingerprint density at radius 2 is 2.05 bits per heavy atom. The number of carbonyl (C=O) groups excluding carboxylic acids is 1.